The first-order chi connectivity index (χ1) is 9.61. The van der Waals surface area contributed by atoms with E-state index in [1.165, 1.54) is 11.8 Å². The van der Waals surface area contributed by atoms with Crippen LogP contribution in [0.1, 0.15) is 20.7 Å². The zero-order valence-electron chi connectivity index (χ0n) is 10.6. The smallest absolute Gasteiger partial charge is 0.348 e. The zero-order chi connectivity index (χ0) is 14.5. The van der Waals surface area contributed by atoms with Gasteiger partial charge in [-0.25, -0.2) is 14.6 Å². The molecule has 0 saturated carbocycles. The summed E-state index contributed by atoms with van der Waals surface area (Å²) in [5.41, 5.74) is 0.574. The Morgan fingerprint density at radius 1 is 1.15 bits per heavy atom. The topological polar surface area (TPSA) is 56.3 Å². The van der Waals surface area contributed by atoms with Gasteiger partial charge in [0.05, 0.1) is 11.1 Å². The van der Waals surface area contributed by atoms with Crippen LogP contribution in [0.25, 0.3) is 0 Å². The van der Waals surface area contributed by atoms with Crippen LogP contribution in [0.3, 0.4) is 0 Å². The van der Waals surface area contributed by atoms with Gasteiger partial charge in [-0.15, -0.1) is 24.4 Å². The molecule has 0 atom stereocenters. The van der Waals surface area contributed by atoms with Crippen molar-refractivity contribution in [1.29, 1.82) is 0 Å². The van der Waals surface area contributed by atoms with Crippen LogP contribution in [0, 0.1) is 0 Å². The molecule has 6 heteroatoms. The van der Waals surface area contributed by atoms with Crippen LogP contribution < -0.4 is 0 Å². The summed E-state index contributed by atoms with van der Waals surface area (Å²) >= 11 is 5.44. The Morgan fingerprint density at radius 2 is 1.85 bits per heavy atom. The lowest BCUT2D eigenvalue weighted by Gasteiger charge is -2.05. The highest BCUT2D eigenvalue weighted by Crippen LogP contribution is 2.18. The molecule has 20 heavy (non-hydrogen) atoms. The first kappa shape index (κ1) is 14.6. The molecule has 0 aliphatic rings. The molecule has 0 N–H and O–H groups in total. The summed E-state index contributed by atoms with van der Waals surface area (Å²) in [7, 11) is 0. The fourth-order valence-corrected chi connectivity index (χ4v) is 2.19. The minimum absolute atomic E-state index is 0.277. The van der Waals surface area contributed by atoms with Gasteiger partial charge < -0.3 is 4.74 Å². The molecule has 0 bridgehead atoms. The molecule has 0 spiro atoms. The number of thioether (sulfide) groups is 1. The van der Waals surface area contributed by atoms with Crippen LogP contribution in [-0.4, -0.2) is 23.2 Å². The van der Waals surface area contributed by atoms with E-state index >= 15 is 0 Å². The molecule has 2 aromatic rings. The van der Waals surface area contributed by atoms with Crippen LogP contribution in [0.4, 0.5) is 0 Å². The van der Waals surface area contributed by atoms with E-state index < -0.39 is 11.9 Å². The highest BCUT2D eigenvalue weighted by molar-refractivity contribution is 7.98. The van der Waals surface area contributed by atoms with Crippen LogP contribution in [0.5, 0.6) is 0 Å². The number of esters is 2. The van der Waals surface area contributed by atoms with Crippen LogP contribution >= 0.6 is 24.4 Å². The maximum atomic E-state index is 12.0. The number of carbonyl (C=O) groups is 2. The maximum absolute atomic E-state index is 12.0. The van der Waals surface area contributed by atoms with Crippen molar-refractivity contribution in [2.45, 2.75) is 9.92 Å². The van der Waals surface area contributed by atoms with E-state index in [9.17, 15) is 9.59 Å². The molecule has 0 aliphatic carbocycles. The second-order valence-electron chi connectivity index (χ2n) is 3.78. The third-order valence-corrected chi connectivity index (χ3v) is 3.48. The number of benzene rings is 1. The summed E-state index contributed by atoms with van der Waals surface area (Å²) in [4.78, 5) is 28.6. The van der Waals surface area contributed by atoms with E-state index in [2.05, 4.69) is 17.6 Å². The SMILES string of the molecule is CSc1ncccc1C(=O)OC(=O)c1ccc(S)cc1. The van der Waals surface area contributed by atoms with Crippen molar-refractivity contribution in [3.05, 3.63) is 53.7 Å². The Bertz CT molecular complexity index is 641. The fraction of sp³-hybridized carbons (Fsp3) is 0.0714. The lowest BCUT2D eigenvalue weighted by Crippen LogP contribution is -2.14. The first-order valence-corrected chi connectivity index (χ1v) is 7.33. The summed E-state index contributed by atoms with van der Waals surface area (Å²) in [6, 6.07) is 9.61. The number of rotatable bonds is 3. The minimum Gasteiger partial charge on any atom is -0.386 e. The molecule has 102 valence electrons. The Labute approximate surface area is 126 Å². The second-order valence-corrected chi connectivity index (χ2v) is 5.10. The molecule has 2 rings (SSSR count). The van der Waals surface area contributed by atoms with Crippen LogP contribution in [-0.2, 0) is 4.74 Å². The van der Waals surface area contributed by atoms with E-state index in [0.29, 0.717) is 10.6 Å². The van der Waals surface area contributed by atoms with E-state index in [0.717, 1.165) is 4.90 Å². The molecule has 4 nitrogen and oxygen atoms in total. The first-order valence-electron chi connectivity index (χ1n) is 5.66. The van der Waals surface area contributed by atoms with Gasteiger partial charge in [0.15, 0.2) is 0 Å². The van der Waals surface area contributed by atoms with Gasteiger partial charge in [-0.2, -0.15) is 0 Å². The van der Waals surface area contributed by atoms with E-state index in [1.807, 2.05) is 0 Å². The largest absolute Gasteiger partial charge is 0.386 e. The molecule has 1 heterocycles. The third kappa shape index (κ3) is 3.40. The van der Waals surface area contributed by atoms with E-state index in [4.69, 9.17) is 4.74 Å². The van der Waals surface area contributed by atoms with Crippen LogP contribution in [0.2, 0.25) is 0 Å². The molecule has 1 aromatic heterocycles. The van der Waals surface area contributed by atoms with Crippen molar-refractivity contribution >= 4 is 36.3 Å². The van der Waals surface area contributed by atoms with Crippen molar-refractivity contribution in [2.24, 2.45) is 0 Å². The van der Waals surface area contributed by atoms with Gasteiger partial charge in [0.25, 0.3) is 0 Å². The minimum atomic E-state index is -0.706. The Kier molecular flexibility index (Phi) is 4.81. The Morgan fingerprint density at radius 3 is 2.50 bits per heavy atom. The van der Waals surface area contributed by atoms with Crippen molar-refractivity contribution in [2.75, 3.05) is 6.26 Å². The van der Waals surface area contributed by atoms with Crippen LogP contribution in [0.15, 0.2) is 52.5 Å². The lowest BCUT2D eigenvalue weighted by atomic mass is 10.2. The summed E-state index contributed by atoms with van der Waals surface area (Å²) < 4.78 is 4.85. The molecule has 1 aromatic carbocycles. The second kappa shape index (κ2) is 6.58. The quantitative estimate of drug-likeness (QED) is 0.409. The standard InChI is InChI=1S/C14H11NO3S2/c1-20-12-11(3-2-8-15-12)14(17)18-13(16)9-4-6-10(19)7-5-9/h2-8,19H,1H3. The molecular weight excluding hydrogens is 294 g/mol. The van der Waals surface area contributed by atoms with E-state index in [1.54, 1.807) is 48.9 Å². The average Bonchev–Trinajstić information content (AvgIpc) is 2.47. The summed E-state index contributed by atoms with van der Waals surface area (Å²) in [6.07, 6.45) is 3.38. The summed E-state index contributed by atoms with van der Waals surface area (Å²) in [5.74, 6) is -1.40. The predicted molar refractivity (Wildman–Crippen MR) is 79.5 cm³/mol. The van der Waals surface area contributed by atoms with Gasteiger partial charge in [-0.05, 0) is 42.7 Å². The van der Waals surface area contributed by atoms with Gasteiger partial charge in [0.1, 0.15) is 5.03 Å². The number of ether oxygens (including phenoxy) is 1. The van der Waals surface area contributed by atoms with Crippen molar-refractivity contribution < 1.29 is 14.3 Å². The number of nitrogens with zero attached hydrogens (tertiary/aromatic N) is 1. The van der Waals surface area contributed by atoms with E-state index in [-0.39, 0.29) is 5.56 Å². The molecule has 0 fully saturated rings. The third-order valence-electron chi connectivity index (χ3n) is 2.47. The van der Waals surface area contributed by atoms with Gasteiger partial charge in [-0.1, -0.05) is 0 Å². The highest BCUT2D eigenvalue weighted by Gasteiger charge is 2.18. The van der Waals surface area contributed by atoms with Gasteiger partial charge in [-0.3, -0.25) is 0 Å². The molecule has 0 amide bonds. The van der Waals surface area contributed by atoms with Gasteiger partial charge in [0, 0.05) is 11.1 Å². The average molecular weight is 305 g/mol. The molecule has 0 unspecified atom stereocenters. The maximum Gasteiger partial charge on any atom is 0.348 e. The van der Waals surface area contributed by atoms with Crippen molar-refractivity contribution in [3.8, 4) is 0 Å². The molecule has 0 aliphatic heterocycles. The lowest BCUT2D eigenvalue weighted by molar-refractivity contribution is 0.0394. The fourth-order valence-electron chi connectivity index (χ4n) is 1.50. The Balaban J connectivity index is 2.15. The van der Waals surface area contributed by atoms with Crippen molar-refractivity contribution in [1.82, 2.24) is 4.98 Å². The number of aromatic nitrogens is 1. The monoisotopic (exact) mass is 305 g/mol. The van der Waals surface area contributed by atoms with Gasteiger partial charge in [0.2, 0.25) is 0 Å². The Hall–Kier alpha value is -1.79. The number of thiol groups is 1. The molecule has 0 saturated heterocycles. The highest BCUT2D eigenvalue weighted by atomic mass is 32.2. The van der Waals surface area contributed by atoms with Gasteiger partial charge >= 0.3 is 11.9 Å². The number of hydrogen-bond donors (Lipinski definition) is 1. The zero-order valence-corrected chi connectivity index (χ0v) is 12.3. The summed E-state index contributed by atoms with van der Waals surface area (Å²) in [5, 5.41) is 0.524. The predicted octanol–water partition coefficient (Wildman–Crippen LogP) is 3.09. The normalized spacial score (nSPS) is 10.1. The number of carbonyl (C=O) groups excluding carboxylic acids is 2. The van der Waals surface area contributed by atoms with Crippen molar-refractivity contribution in [3.63, 3.8) is 0 Å². The number of hydrogen-bond acceptors (Lipinski definition) is 6. The molecular formula is C14H11NO3S2. The summed E-state index contributed by atoms with van der Waals surface area (Å²) in [6.45, 7) is 0. The number of pyridine rings is 1. The molecule has 0 radical (unpaired) electrons.